The molecule has 0 amide bonds. The largest absolute Gasteiger partial charge is 0.420 e. The van der Waals surface area contributed by atoms with Crippen LogP contribution in [0.3, 0.4) is 0 Å². The summed E-state index contributed by atoms with van der Waals surface area (Å²) < 4.78 is 5.69. The van der Waals surface area contributed by atoms with E-state index in [1.54, 1.807) is 0 Å². The summed E-state index contributed by atoms with van der Waals surface area (Å²) in [6.07, 6.45) is 0. The van der Waals surface area contributed by atoms with E-state index in [0.717, 1.165) is 11.1 Å². The minimum Gasteiger partial charge on any atom is -0.420 e. The van der Waals surface area contributed by atoms with Gasteiger partial charge in [0, 0.05) is 16.7 Å². The molecule has 4 nitrogen and oxygen atoms in total. The number of hydrogen-bond acceptors (Lipinski definition) is 4. The van der Waals surface area contributed by atoms with Crippen LogP contribution < -0.4 is 5.73 Å². The Labute approximate surface area is 101 Å². The Morgan fingerprint density at radius 2 is 1.88 bits per heavy atom. The van der Waals surface area contributed by atoms with Gasteiger partial charge in [0.05, 0.1) is 0 Å². The molecule has 17 heavy (non-hydrogen) atoms. The number of anilines is 1. The lowest BCUT2D eigenvalue weighted by Crippen LogP contribution is -2.11. The number of nitrogens with two attached hydrogens (primary N) is 1. The molecule has 0 saturated heterocycles. The highest BCUT2D eigenvalue weighted by molar-refractivity contribution is 5.63. The van der Waals surface area contributed by atoms with Crippen LogP contribution in [-0.2, 0) is 5.41 Å². The number of nitrogen functional groups attached to an aromatic ring is 1. The van der Waals surface area contributed by atoms with Gasteiger partial charge < -0.3 is 10.2 Å². The fourth-order valence-electron chi connectivity index (χ4n) is 1.51. The van der Waals surface area contributed by atoms with E-state index in [2.05, 4.69) is 10.2 Å². The Morgan fingerprint density at radius 3 is 2.47 bits per heavy atom. The maximum atomic E-state index is 5.77. The van der Waals surface area contributed by atoms with Crippen LogP contribution in [0.4, 0.5) is 5.69 Å². The van der Waals surface area contributed by atoms with Gasteiger partial charge in [-0.2, -0.15) is 0 Å². The van der Waals surface area contributed by atoms with Crippen molar-refractivity contribution in [3.63, 3.8) is 0 Å². The third-order valence-corrected chi connectivity index (χ3v) is 2.56. The van der Waals surface area contributed by atoms with Crippen LogP contribution in [0.25, 0.3) is 11.5 Å². The van der Waals surface area contributed by atoms with Gasteiger partial charge in [-0.3, -0.25) is 0 Å². The topological polar surface area (TPSA) is 64.9 Å². The molecule has 0 atom stereocenters. The van der Waals surface area contributed by atoms with Crippen molar-refractivity contribution in [2.75, 3.05) is 5.73 Å². The zero-order chi connectivity index (χ0) is 12.6. The Morgan fingerprint density at radius 1 is 1.18 bits per heavy atom. The molecule has 1 aromatic heterocycles. The second-order valence-electron chi connectivity index (χ2n) is 5.24. The van der Waals surface area contributed by atoms with Crippen molar-refractivity contribution in [2.45, 2.75) is 33.1 Å². The molecule has 0 fully saturated rings. The van der Waals surface area contributed by atoms with Crippen LogP contribution in [0.5, 0.6) is 0 Å². The van der Waals surface area contributed by atoms with E-state index in [-0.39, 0.29) is 5.41 Å². The number of benzene rings is 1. The van der Waals surface area contributed by atoms with Crippen LogP contribution in [0.15, 0.2) is 22.6 Å². The smallest absolute Gasteiger partial charge is 0.248 e. The molecule has 0 aliphatic heterocycles. The number of hydrogen-bond donors (Lipinski definition) is 1. The predicted octanol–water partition coefficient (Wildman–Crippen LogP) is 2.92. The Bertz CT molecular complexity index is 538. The first-order valence-electron chi connectivity index (χ1n) is 5.58. The highest BCUT2D eigenvalue weighted by atomic mass is 16.4. The van der Waals surface area contributed by atoms with Crippen molar-refractivity contribution in [3.8, 4) is 11.5 Å². The fraction of sp³-hybridized carbons (Fsp3) is 0.385. The van der Waals surface area contributed by atoms with Gasteiger partial charge in [0.25, 0.3) is 0 Å². The minimum absolute atomic E-state index is 0.139. The van der Waals surface area contributed by atoms with Crippen molar-refractivity contribution in [2.24, 2.45) is 0 Å². The van der Waals surface area contributed by atoms with Crippen LogP contribution in [0.1, 0.15) is 32.2 Å². The standard InChI is InChI=1S/C13H17N3O/c1-8-5-6-9(14)7-10(8)11-15-16-12(17-11)13(2,3)4/h5-7H,14H2,1-4H3. The molecular formula is C13H17N3O. The number of rotatable bonds is 1. The quantitative estimate of drug-likeness (QED) is 0.766. The first-order chi connectivity index (χ1) is 7.88. The average molecular weight is 231 g/mol. The van der Waals surface area contributed by atoms with E-state index < -0.39 is 0 Å². The molecule has 4 heteroatoms. The number of aryl methyl sites for hydroxylation is 1. The summed E-state index contributed by atoms with van der Waals surface area (Å²) in [6, 6.07) is 5.67. The van der Waals surface area contributed by atoms with Crippen molar-refractivity contribution < 1.29 is 4.42 Å². The minimum atomic E-state index is -0.139. The van der Waals surface area contributed by atoms with Gasteiger partial charge in [-0.05, 0) is 24.6 Å². The monoisotopic (exact) mass is 231 g/mol. The second kappa shape index (κ2) is 3.87. The molecule has 0 spiro atoms. The fourth-order valence-corrected chi connectivity index (χ4v) is 1.51. The van der Waals surface area contributed by atoms with Crippen molar-refractivity contribution >= 4 is 5.69 Å². The number of aromatic nitrogens is 2. The maximum absolute atomic E-state index is 5.77. The van der Waals surface area contributed by atoms with Gasteiger partial charge in [0.1, 0.15) is 0 Å². The van der Waals surface area contributed by atoms with Gasteiger partial charge >= 0.3 is 0 Å². The van der Waals surface area contributed by atoms with Crippen molar-refractivity contribution in [1.82, 2.24) is 10.2 Å². The molecule has 0 unspecified atom stereocenters. The highest BCUT2D eigenvalue weighted by Gasteiger charge is 2.22. The molecule has 2 N–H and O–H groups in total. The van der Waals surface area contributed by atoms with E-state index in [0.29, 0.717) is 17.5 Å². The summed E-state index contributed by atoms with van der Waals surface area (Å²) in [4.78, 5) is 0. The Kier molecular flexibility index (Phi) is 2.65. The van der Waals surface area contributed by atoms with E-state index >= 15 is 0 Å². The van der Waals surface area contributed by atoms with Crippen LogP contribution in [0, 0.1) is 6.92 Å². The van der Waals surface area contributed by atoms with Crippen LogP contribution >= 0.6 is 0 Å². The molecule has 0 aliphatic rings. The molecule has 0 aliphatic carbocycles. The summed E-state index contributed by atoms with van der Waals surface area (Å²) in [5, 5.41) is 8.16. The van der Waals surface area contributed by atoms with Crippen molar-refractivity contribution in [1.29, 1.82) is 0 Å². The van der Waals surface area contributed by atoms with Crippen molar-refractivity contribution in [3.05, 3.63) is 29.7 Å². The number of nitrogens with zero attached hydrogens (tertiary/aromatic N) is 2. The highest BCUT2D eigenvalue weighted by Crippen LogP contribution is 2.28. The summed E-state index contributed by atoms with van der Waals surface area (Å²) >= 11 is 0. The summed E-state index contributed by atoms with van der Waals surface area (Å²) in [5.41, 5.74) is 8.29. The SMILES string of the molecule is Cc1ccc(N)cc1-c1nnc(C(C)(C)C)o1. The summed E-state index contributed by atoms with van der Waals surface area (Å²) in [5.74, 6) is 1.16. The zero-order valence-corrected chi connectivity index (χ0v) is 10.6. The van der Waals surface area contributed by atoms with Gasteiger partial charge in [0.15, 0.2) is 0 Å². The van der Waals surface area contributed by atoms with Gasteiger partial charge in [0.2, 0.25) is 11.8 Å². The second-order valence-corrected chi connectivity index (χ2v) is 5.24. The third-order valence-electron chi connectivity index (χ3n) is 2.56. The molecule has 2 aromatic rings. The summed E-state index contributed by atoms with van der Waals surface area (Å²) in [7, 11) is 0. The van der Waals surface area contributed by atoms with E-state index in [1.807, 2.05) is 45.9 Å². The molecule has 1 aromatic carbocycles. The molecule has 0 radical (unpaired) electrons. The molecule has 90 valence electrons. The van der Waals surface area contributed by atoms with Gasteiger partial charge in [-0.15, -0.1) is 10.2 Å². The average Bonchev–Trinajstić information content (AvgIpc) is 2.70. The Balaban J connectivity index is 2.47. The van der Waals surface area contributed by atoms with Crippen LogP contribution in [0.2, 0.25) is 0 Å². The summed E-state index contributed by atoms with van der Waals surface area (Å²) in [6.45, 7) is 8.11. The van der Waals surface area contributed by atoms with E-state index in [4.69, 9.17) is 10.2 Å². The predicted molar refractivity (Wildman–Crippen MR) is 67.6 cm³/mol. The molecule has 2 rings (SSSR count). The zero-order valence-electron chi connectivity index (χ0n) is 10.6. The lowest BCUT2D eigenvalue weighted by molar-refractivity contribution is 0.399. The third kappa shape index (κ3) is 2.30. The first-order valence-corrected chi connectivity index (χ1v) is 5.58. The van der Waals surface area contributed by atoms with E-state index in [9.17, 15) is 0 Å². The van der Waals surface area contributed by atoms with Gasteiger partial charge in [-0.25, -0.2) is 0 Å². The molecule has 0 saturated carbocycles. The maximum Gasteiger partial charge on any atom is 0.248 e. The van der Waals surface area contributed by atoms with E-state index in [1.165, 1.54) is 0 Å². The van der Waals surface area contributed by atoms with Gasteiger partial charge in [-0.1, -0.05) is 26.8 Å². The lowest BCUT2D eigenvalue weighted by atomic mass is 9.97. The lowest BCUT2D eigenvalue weighted by Gasteiger charge is -2.11. The van der Waals surface area contributed by atoms with Crippen LogP contribution in [-0.4, -0.2) is 10.2 Å². The normalized spacial score (nSPS) is 11.8. The molecule has 0 bridgehead atoms. The first kappa shape index (κ1) is 11.6. The Hall–Kier alpha value is -1.84. The molecule has 1 heterocycles. The molecular weight excluding hydrogens is 214 g/mol.